The number of fused-ring (bicyclic) bond motifs is 1. The smallest absolute Gasteiger partial charge is 0.328 e. The van der Waals surface area contributed by atoms with Gasteiger partial charge in [-0.15, -0.1) is 0 Å². The summed E-state index contributed by atoms with van der Waals surface area (Å²) in [5, 5.41) is 29.3. The number of urea groups is 1. The highest BCUT2D eigenvalue weighted by Gasteiger charge is 2.27. The van der Waals surface area contributed by atoms with Gasteiger partial charge in [0.1, 0.15) is 11.8 Å². The third kappa shape index (κ3) is 6.83. The van der Waals surface area contributed by atoms with E-state index < -0.39 is 36.4 Å². The van der Waals surface area contributed by atoms with E-state index in [0.717, 1.165) is 24.0 Å². The lowest BCUT2D eigenvalue weighted by atomic mass is 10.1. The minimum Gasteiger partial charge on any atom is -0.508 e. The first kappa shape index (κ1) is 28.7. The lowest BCUT2D eigenvalue weighted by molar-refractivity contribution is -0.139. The van der Waals surface area contributed by atoms with Crippen LogP contribution in [0.3, 0.4) is 0 Å². The van der Waals surface area contributed by atoms with E-state index in [1.165, 1.54) is 18.2 Å². The molecule has 0 radical (unpaired) electrons. The minimum absolute atomic E-state index is 0.0229. The predicted octanol–water partition coefficient (Wildman–Crippen LogP) is 3.80. The number of carboxylic acid groups (broad SMARTS) is 1. The van der Waals surface area contributed by atoms with Crippen LogP contribution in [0.15, 0.2) is 60.7 Å². The summed E-state index contributed by atoms with van der Waals surface area (Å²) in [5.41, 5.74) is 2.50. The van der Waals surface area contributed by atoms with E-state index in [1.54, 1.807) is 18.2 Å². The quantitative estimate of drug-likeness (QED) is 0.224. The van der Waals surface area contributed by atoms with Gasteiger partial charge in [0.05, 0.1) is 28.2 Å². The predicted molar refractivity (Wildman–Crippen MR) is 149 cm³/mol. The number of halogens is 2. The van der Waals surface area contributed by atoms with Gasteiger partial charge in [-0.2, -0.15) is 0 Å². The number of aliphatic carboxylic acids is 1. The first-order valence-corrected chi connectivity index (χ1v) is 13.1. The molecule has 1 aliphatic carbocycles. The molecule has 0 unspecified atom stereocenters. The van der Waals surface area contributed by atoms with E-state index in [1.807, 2.05) is 24.3 Å². The number of aryl methyl sites for hydroxylation is 1. The molecule has 2 atom stereocenters. The standard InChI is InChI=1S/C28H26Cl2N4O6/c29-19-11-17(25(36)31-13-16-6-2-4-8-23(16)35)12-20(30)24(19)26(37)33-22(27(38)39)14-32-28(40)34-21-10-9-15-5-1-3-7-18(15)21/h1-8,11-12,21-22,35H,9-10,13-14H2,(H,31,36)(H,33,37)(H,38,39)(H2,32,34,40)/t21-,22+/m1/s1. The molecule has 12 heteroatoms. The van der Waals surface area contributed by atoms with Crippen LogP contribution in [0.2, 0.25) is 10.0 Å². The topological polar surface area (TPSA) is 157 Å². The Bertz CT molecular complexity index is 1440. The Kier molecular flexibility index (Phi) is 9.13. The number of benzene rings is 3. The summed E-state index contributed by atoms with van der Waals surface area (Å²) in [4.78, 5) is 49.7. The second kappa shape index (κ2) is 12.7. The number of phenols is 1. The molecule has 0 bridgehead atoms. The number of rotatable bonds is 9. The van der Waals surface area contributed by atoms with Gasteiger partial charge in [0.2, 0.25) is 0 Å². The van der Waals surface area contributed by atoms with Crippen LogP contribution in [0.5, 0.6) is 5.75 Å². The summed E-state index contributed by atoms with van der Waals surface area (Å²) in [6.07, 6.45) is 1.55. The molecular weight excluding hydrogens is 559 g/mol. The van der Waals surface area contributed by atoms with Gasteiger partial charge < -0.3 is 31.5 Å². The van der Waals surface area contributed by atoms with Crippen LogP contribution < -0.4 is 21.3 Å². The van der Waals surface area contributed by atoms with Crippen LogP contribution in [0, 0.1) is 0 Å². The molecule has 0 spiro atoms. The average molecular weight is 585 g/mol. The maximum atomic E-state index is 12.9. The monoisotopic (exact) mass is 584 g/mol. The Labute approximate surface area is 239 Å². The van der Waals surface area contributed by atoms with E-state index in [0.29, 0.717) is 5.56 Å². The van der Waals surface area contributed by atoms with Gasteiger partial charge in [0, 0.05) is 17.7 Å². The molecule has 208 valence electrons. The van der Waals surface area contributed by atoms with E-state index in [4.69, 9.17) is 23.2 Å². The van der Waals surface area contributed by atoms with Crippen molar-refractivity contribution in [2.45, 2.75) is 31.5 Å². The zero-order valence-corrected chi connectivity index (χ0v) is 22.6. The largest absolute Gasteiger partial charge is 0.508 e. The van der Waals surface area contributed by atoms with Crippen molar-refractivity contribution < 1.29 is 29.4 Å². The molecular formula is C28H26Cl2N4O6. The number of hydrogen-bond acceptors (Lipinski definition) is 5. The van der Waals surface area contributed by atoms with Gasteiger partial charge in [-0.05, 0) is 42.2 Å². The molecule has 4 amide bonds. The number of carbonyl (C=O) groups is 4. The fourth-order valence-electron chi connectivity index (χ4n) is 4.40. The first-order valence-electron chi connectivity index (χ1n) is 12.3. The second-order valence-electron chi connectivity index (χ2n) is 9.14. The lowest BCUT2D eigenvalue weighted by Crippen LogP contribution is -2.50. The van der Waals surface area contributed by atoms with Crippen LogP contribution in [0.25, 0.3) is 0 Å². The van der Waals surface area contributed by atoms with Crippen molar-refractivity contribution in [3.8, 4) is 5.75 Å². The minimum atomic E-state index is -1.48. The highest BCUT2D eigenvalue weighted by molar-refractivity contribution is 6.40. The summed E-state index contributed by atoms with van der Waals surface area (Å²) in [5.74, 6) is -2.81. The Morgan fingerprint density at radius 1 is 0.925 bits per heavy atom. The number of hydrogen-bond donors (Lipinski definition) is 6. The third-order valence-electron chi connectivity index (χ3n) is 6.47. The first-order chi connectivity index (χ1) is 19.1. The van der Waals surface area contributed by atoms with Crippen LogP contribution in [0.1, 0.15) is 49.9 Å². The number of carboxylic acids is 1. The summed E-state index contributed by atoms with van der Waals surface area (Å²) in [6.45, 7) is -0.361. The number of phenolic OH excluding ortho intramolecular Hbond substituents is 1. The molecule has 0 heterocycles. The fraction of sp³-hybridized carbons (Fsp3) is 0.214. The molecule has 0 saturated heterocycles. The van der Waals surface area contributed by atoms with E-state index >= 15 is 0 Å². The van der Waals surface area contributed by atoms with Crippen LogP contribution in [-0.4, -0.2) is 46.6 Å². The van der Waals surface area contributed by atoms with Crippen LogP contribution in [0.4, 0.5) is 4.79 Å². The summed E-state index contributed by atoms with van der Waals surface area (Å²) >= 11 is 12.5. The molecule has 3 aromatic carbocycles. The summed E-state index contributed by atoms with van der Waals surface area (Å²) < 4.78 is 0. The SMILES string of the molecule is O=C(NC[C@H](NC(=O)c1c(Cl)cc(C(=O)NCc2ccccc2O)cc1Cl)C(=O)O)N[C@@H]1CCc2ccccc21. The number of aromatic hydroxyl groups is 1. The van der Waals surface area contributed by atoms with Crippen molar-refractivity contribution in [3.05, 3.63) is 98.5 Å². The molecule has 0 aromatic heterocycles. The fourth-order valence-corrected chi connectivity index (χ4v) is 5.06. The second-order valence-corrected chi connectivity index (χ2v) is 9.95. The van der Waals surface area contributed by atoms with E-state index in [9.17, 15) is 29.4 Å². The van der Waals surface area contributed by atoms with Crippen molar-refractivity contribution in [1.82, 2.24) is 21.3 Å². The summed E-state index contributed by atoms with van der Waals surface area (Å²) in [7, 11) is 0. The molecule has 0 fully saturated rings. The average Bonchev–Trinajstić information content (AvgIpc) is 3.32. The Morgan fingerprint density at radius 2 is 1.60 bits per heavy atom. The lowest BCUT2D eigenvalue weighted by Gasteiger charge is -2.19. The number of carbonyl (C=O) groups excluding carboxylic acids is 3. The third-order valence-corrected chi connectivity index (χ3v) is 7.07. The molecule has 10 nitrogen and oxygen atoms in total. The van der Waals surface area contributed by atoms with Crippen molar-refractivity contribution in [3.63, 3.8) is 0 Å². The molecule has 6 N–H and O–H groups in total. The Morgan fingerprint density at radius 3 is 2.30 bits per heavy atom. The van der Waals surface area contributed by atoms with Crippen molar-refractivity contribution in [1.29, 1.82) is 0 Å². The van der Waals surface area contributed by atoms with Crippen LogP contribution >= 0.6 is 23.2 Å². The molecule has 4 rings (SSSR count). The molecule has 0 aliphatic heterocycles. The molecule has 3 aromatic rings. The summed E-state index contributed by atoms with van der Waals surface area (Å²) in [6, 6.07) is 14.5. The van der Waals surface area contributed by atoms with Gasteiger partial charge in [-0.25, -0.2) is 9.59 Å². The Hall–Kier alpha value is -4.28. The maximum Gasteiger partial charge on any atom is 0.328 e. The Balaban J connectivity index is 1.35. The van der Waals surface area contributed by atoms with Crippen molar-refractivity contribution >= 4 is 47.0 Å². The highest BCUT2D eigenvalue weighted by atomic mass is 35.5. The highest BCUT2D eigenvalue weighted by Crippen LogP contribution is 2.30. The van der Waals surface area contributed by atoms with E-state index in [2.05, 4.69) is 21.3 Å². The van der Waals surface area contributed by atoms with Crippen molar-refractivity contribution in [2.75, 3.05) is 6.54 Å². The molecule has 1 aliphatic rings. The van der Waals surface area contributed by atoms with Gasteiger partial charge in [0.25, 0.3) is 11.8 Å². The zero-order valence-electron chi connectivity index (χ0n) is 21.0. The molecule has 40 heavy (non-hydrogen) atoms. The van der Waals surface area contributed by atoms with Crippen molar-refractivity contribution in [2.24, 2.45) is 0 Å². The van der Waals surface area contributed by atoms with Gasteiger partial charge in [-0.3, -0.25) is 9.59 Å². The van der Waals surface area contributed by atoms with E-state index in [-0.39, 0.29) is 39.5 Å². The normalized spacial score (nSPS) is 14.5. The van der Waals surface area contributed by atoms with Gasteiger partial charge in [-0.1, -0.05) is 65.7 Å². The number of nitrogens with one attached hydrogen (secondary N) is 4. The van der Waals surface area contributed by atoms with Gasteiger partial charge >= 0.3 is 12.0 Å². The van der Waals surface area contributed by atoms with Gasteiger partial charge in [0.15, 0.2) is 0 Å². The number of para-hydroxylation sites is 1. The van der Waals surface area contributed by atoms with Crippen LogP contribution in [-0.2, 0) is 17.8 Å². The zero-order chi connectivity index (χ0) is 28.8. The number of amides is 4. The maximum absolute atomic E-state index is 12.9. The molecule has 0 saturated carbocycles.